The minimum atomic E-state index is -0.849. The molecule has 3 amide bonds. The molecule has 22 heavy (non-hydrogen) atoms. The van der Waals surface area contributed by atoms with Gasteiger partial charge < -0.3 is 4.74 Å². The average Bonchev–Trinajstić information content (AvgIpc) is 2.75. The summed E-state index contributed by atoms with van der Waals surface area (Å²) in [5.74, 6) is -0.593. The van der Waals surface area contributed by atoms with E-state index in [2.05, 4.69) is 5.32 Å². The van der Waals surface area contributed by atoms with Crippen molar-refractivity contribution in [3.8, 4) is 0 Å². The van der Waals surface area contributed by atoms with Gasteiger partial charge in [-0.15, -0.1) is 0 Å². The van der Waals surface area contributed by atoms with Crippen LogP contribution in [0.25, 0.3) is 0 Å². The standard InChI is InChI=1S/C16H20N2O4/c1-16(2,3)22-15(21)17-14(11-7-5-4-6-8-11)18-12(19)9-10-13(18)20/h4-8,14H,9-10H2,1-3H3,(H,17,21)/t14-/m1/s1. The van der Waals surface area contributed by atoms with Crippen LogP contribution in [-0.4, -0.2) is 28.4 Å². The molecule has 2 rings (SSSR count). The van der Waals surface area contributed by atoms with E-state index in [9.17, 15) is 14.4 Å². The van der Waals surface area contributed by atoms with Gasteiger partial charge in [0.2, 0.25) is 11.8 Å². The molecular formula is C16H20N2O4. The summed E-state index contributed by atoms with van der Waals surface area (Å²) >= 11 is 0. The fourth-order valence-corrected chi connectivity index (χ4v) is 2.23. The van der Waals surface area contributed by atoms with Crippen LogP contribution in [0.3, 0.4) is 0 Å². The molecule has 1 N–H and O–H groups in total. The number of likely N-dealkylation sites (tertiary alicyclic amines) is 1. The quantitative estimate of drug-likeness (QED) is 0.870. The van der Waals surface area contributed by atoms with Crippen LogP contribution in [-0.2, 0) is 14.3 Å². The Bertz CT molecular complexity index is 562. The molecule has 1 aromatic carbocycles. The second-order valence-electron chi connectivity index (χ2n) is 6.12. The zero-order chi connectivity index (χ0) is 16.3. The summed E-state index contributed by atoms with van der Waals surface area (Å²) in [5, 5.41) is 2.62. The molecule has 0 saturated carbocycles. The van der Waals surface area contributed by atoms with Crippen LogP contribution in [0.15, 0.2) is 30.3 Å². The van der Waals surface area contributed by atoms with Crippen LogP contribution < -0.4 is 5.32 Å². The van der Waals surface area contributed by atoms with Crippen molar-refractivity contribution >= 4 is 17.9 Å². The number of hydrogen-bond donors (Lipinski definition) is 1. The van der Waals surface area contributed by atoms with E-state index >= 15 is 0 Å². The van der Waals surface area contributed by atoms with Crippen molar-refractivity contribution in [3.05, 3.63) is 35.9 Å². The first-order valence-corrected chi connectivity index (χ1v) is 7.17. The smallest absolute Gasteiger partial charge is 0.409 e. The molecule has 1 saturated heterocycles. The molecule has 1 aliphatic rings. The molecular weight excluding hydrogens is 284 g/mol. The topological polar surface area (TPSA) is 75.7 Å². The fourth-order valence-electron chi connectivity index (χ4n) is 2.23. The molecule has 1 atom stereocenters. The normalized spacial score (nSPS) is 16.6. The first kappa shape index (κ1) is 16.0. The van der Waals surface area contributed by atoms with Crippen molar-refractivity contribution in [1.29, 1.82) is 0 Å². The lowest BCUT2D eigenvalue weighted by molar-refractivity contribution is -0.141. The summed E-state index contributed by atoms with van der Waals surface area (Å²) in [6, 6.07) is 8.89. The third kappa shape index (κ3) is 3.84. The van der Waals surface area contributed by atoms with Gasteiger partial charge in [-0.3, -0.25) is 19.8 Å². The molecule has 0 bridgehead atoms. The maximum atomic E-state index is 12.0. The van der Waals surface area contributed by atoms with Crippen molar-refractivity contribution < 1.29 is 19.1 Å². The highest BCUT2D eigenvalue weighted by atomic mass is 16.6. The number of benzene rings is 1. The highest BCUT2D eigenvalue weighted by Crippen LogP contribution is 2.25. The van der Waals surface area contributed by atoms with E-state index in [1.807, 2.05) is 6.07 Å². The van der Waals surface area contributed by atoms with Gasteiger partial charge >= 0.3 is 6.09 Å². The molecule has 6 heteroatoms. The van der Waals surface area contributed by atoms with Crippen LogP contribution >= 0.6 is 0 Å². The van der Waals surface area contributed by atoms with E-state index in [-0.39, 0.29) is 24.7 Å². The van der Waals surface area contributed by atoms with Gasteiger partial charge in [-0.05, 0) is 26.3 Å². The van der Waals surface area contributed by atoms with E-state index in [1.165, 1.54) is 0 Å². The lowest BCUT2D eigenvalue weighted by Crippen LogP contribution is -2.45. The summed E-state index contributed by atoms with van der Waals surface area (Å²) in [7, 11) is 0. The van der Waals surface area contributed by atoms with Gasteiger partial charge in [0.05, 0.1) is 0 Å². The number of nitrogens with one attached hydrogen (secondary N) is 1. The third-order valence-electron chi connectivity index (χ3n) is 3.12. The first-order chi connectivity index (χ1) is 10.3. The number of rotatable bonds is 3. The Hall–Kier alpha value is -2.37. The van der Waals surface area contributed by atoms with E-state index in [1.54, 1.807) is 45.0 Å². The average molecular weight is 304 g/mol. The molecule has 0 spiro atoms. The second kappa shape index (κ2) is 6.17. The zero-order valence-corrected chi connectivity index (χ0v) is 13.0. The third-order valence-corrected chi connectivity index (χ3v) is 3.12. The van der Waals surface area contributed by atoms with Crippen LogP contribution in [0.2, 0.25) is 0 Å². The summed E-state index contributed by atoms with van der Waals surface area (Å²) in [6.07, 6.45) is -1.19. The Morgan fingerprint density at radius 1 is 1.14 bits per heavy atom. The fraction of sp³-hybridized carbons (Fsp3) is 0.438. The summed E-state index contributed by atoms with van der Waals surface area (Å²) in [4.78, 5) is 37.1. The number of alkyl carbamates (subject to hydrolysis) is 1. The van der Waals surface area contributed by atoms with Crippen molar-refractivity contribution in [1.82, 2.24) is 10.2 Å². The molecule has 1 aliphatic heterocycles. The van der Waals surface area contributed by atoms with E-state index in [0.717, 1.165) is 4.90 Å². The minimum absolute atomic E-state index is 0.165. The van der Waals surface area contributed by atoms with Crippen molar-refractivity contribution in [2.45, 2.75) is 45.4 Å². The molecule has 0 radical (unpaired) electrons. The maximum Gasteiger partial charge on any atom is 0.409 e. The highest BCUT2D eigenvalue weighted by Gasteiger charge is 2.37. The SMILES string of the molecule is CC(C)(C)OC(=O)N[C@@H](c1ccccc1)N1C(=O)CCC1=O. The van der Waals surface area contributed by atoms with Gasteiger partial charge in [0.15, 0.2) is 0 Å². The Balaban J connectivity index is 2.25. The Kier molecular flexibility index (Phi) is 4.49. The van der Waals surface area contributed by atoms with Crippen molar-refractivity contribution in [2.24, 2.45) is 0 Å². The number of carbonyl (C=O) groups excluding carboxylic acids is 3. The largest absolute Gasteiger partial charge is 0.444 e. The maximum absolute atomic E-state index is 12.0. The van der Waals surface area contributed by atoms with Crippen LogP contribution in [0.5, 0.6) is 0 Å². The second-order valence-corrected chi connectivity index (χ2v) is 6.12. The van der Waals surface area contributed by atoms with Crippen molar-refractivity contribution in [3.63, 3.8) is 0 Å². The van der Waals surface area contributed by atoms with Gasteiger partial charge in [-0.2, -0.15) is 0 Å². The molecule has 1 aromatic rings. The summed E-state index contributed by atoms with van der Waals surface area (Å²) in [6.45, 7) is 5.24. The van der Waals surface area contributed by atoms with E-state index in [0.29, 0.717) is 5.56 Å². The molecule has 6 nitrogen and oxygen atoms in total. The van der Waals surface area contributed by atoms with Gasteiger partial charge in [0, 0.05) is 12.8 Å². The number of ether oxygens (including phenoxy) is 1. The Morgan fingerprint density at radius 3 is 2.18 bits per heavy atom. The van der Waals surface area contributed by atoms with Gasteiger partial charge in [-0.1, -0.05) is 30.3 Å². The summed E-state index contributed by atoms with van der Waals surface area (Å²) < 4.78 is 5.22. The Labute approximate surface area is 129 Å². The molecule has 0 aromatic heterocycles. The number of amides is 3. The highest BCUT2D eigenvalue weighted by molar-refractivity contribution is 6.02. The molecule has 118 valence electrons. The predicted octanol–water partition coefficient (Wildman–Crippen LogP) is 2.36. The van der Waals surface area contributed by atoms with Crippen LogP contribution in [0.4, 0.5) is 4.79 Å². The predicted molar refractivity (Wildman–Crippen MR) is 79.6 cm³/mol. The molecule has 1 heterocycles. The number of carbonyl (C=O) groups is 3. The number of hydrogen-bond acceptors (Lipinski definition) is 4. The Morgan fingerprint density at radius 2 is 1.68 bits per heavy atom. The van der Waals surface area contributed by atoms with Gasteiger partial charge in [0.1, 0.15) is 11.8 Å². The van der Waals surface area contributed by atoms with Crippen LogP contribution in [0.1, 0.15) is 45.3 Å². The van der Waals surface area contributed by atoms with Crippen molar-refractivity contribution in [2.75, 3.05) is 0 Å². The van der Waals surface area contributed by atoms with Gasteiger partial charge in [-0.25, -0.2) is 4.79 Å². The lowest BCUT2D eigenvalue weighted by atomic mass is 10.1. The lowest BCUT2D eigenvalue weighted by Gasteiger charge is -2.29. The monoisotopic (exact) mass is 304 g/mol. The number of nitrogens with zero attached hydrogens (tertiary/aromatic N) is 1. The first-order valence-electron chi connectivity index (χ1n) is 7.17. The van der Waals surface area contributed by atoms with E-state index in [4.69, 9.17) is 4.74 Å². The molecule has 0 aliphatic carbocycles. The minimum Gasteiger partial charge on any atom is -0.444 e. The molecule has 0 unspecified atom stereocenters. The summed E-state index contributed by atoms with van der Waals surface area (Å²) in [5.41, 5.74) is -0.0124. The zero-order valence-electron chi connectivity index (χ0n) is 13.0. The number of imide groups is 1. The van der Waals surface area contributed by atoms with Gasteiger partial charge in [0.25, 0.3) is 0 Å². The molecule has 1 fully saturated rings. The van der Waals surface area contributed by atoms with E-state index < -0.39 is 17.9 Å². The van der Waals surface area contributed by atoms with Crippen LogP contribution in [0, 0.1) is 0 Å².